The van der Waals surface area contributed by atoms with E-state index in [1.807, 2.05) is 6.07 Å². The highest BCUT2D eigenvalue weighted by Gasteiger charge is 2.51. The summed E-state index contributed by atoms with van der Waals surface area (Å²) >= 11 is 0. The van der Waals surface area contributed by atoms with Gasteiger partial charge in [0.2, 0.25) is 0 Å². The van der Waals surface area contributed by atoms with Gasteiger partial charge in [0.15, 0.2) is 0 Å². The van der Waals surface area contributed by atoms with Crippen molar-refractivity contribution in [1.29, 1.82) is 0 Å². The first kappa shape index (κ1) is 17.1. The van der Waals surface area contributed by atoms with Crippen LogP contribution in [0.3, 0.4) is 0 Å². The Morgan fingerprint density at radius 1 is 1.12 bits per heavy atom. The molecule has 0 aromatic heterocycles. The number of hydrogen-bond donors (Lipinski definition) is 2. The van der Waals surface area contributed by atoms with Crippen LogP contribution in [0.4, 0.5) is 9.18 Å². The molecule has 0 radical (unpaired) electrons. The number of carbonyl (C=O) groups excluding carboxylic acids is 2. The number of nitrogens with one attached hydrogen (secondary N) is 1. The number of hydrogen-bond acceptors (Lipinski definition) is 3. The fraction of sp³-hybridized carbons (Fsp3) is 0.263. The lowest BCUT2D eigenvalue weighted by Crippen LogP contribution is -2.43. The molecule has 0 unspecified atom stereocenters. The van der Waals surface area contributed by atoms with Crippen molar-refractivity contribution >= 4 is 11.9 Å². The van der Waals surface area contributed by atoms with E-state index in [1.165, 1.54) is 24.3 Å². The van der Waals surface area contributed by atoms with Gasteiger partial charge in [-0.2, -0.15) is 0 Å². The molecule has 0 spiro atoms. The molecule has 25 heavy (non-hydrogen) atoms. The second-order valence-corrected chi connectivity index (χ2v) is 6.04. The fourth-order valence-electron chi connectivity index (χ4n) is 3.12. The molecule has 3 amide bonds. The Morgan fingerprint density at radius 3 is 2.36 bits per heavy atom. The number of nitrogens with zero attached hydrogens (tertiary/aromatic N) is 1. The Balaban J connectivity index is 1.87. The predicted octanol–water partition coefficient (Wildman–Crippen LogP) is 2.72. The lowest BCUT2D eigenvalue weighted by Gasteiger charge is -2.26. The minimum absolute atomic E-state index is 0.141. The van der Waals surface area contributed by atoms with E-state index < -0.39 is 29.4 Å². The lowest BCUT2D eigenvalue weighted by molar-refractivity contribution is -0.132. The summed E-state index contributed by atoms with van der Waals surface area (Å²) in [6.07, 6.45) is -0.655. The number of aliphatic hydroxyl groups excluding tert-OH is 1. The summed E-state index contributed by atoms with van der Waals surface area (Å²) in [5.74, 6) is -0.857. The van der Waals surface area contributed by atoms with Crippen molar-refractivity contribution in [1.82, 2.24) is 10.2 Å². The van der Waals surface area contributed by atoms with Gasteiger partial charge in [-0.3, -0.25) is 9.69 Å². The average Bonchev–Trinajstić information content (AvgIpc) is 2.88. The highest BCUT2D eigenvalue weighted by molar-refractivity contribution is 6.07. The molecule has 2 aromatic carbocycles. The van der Waals surface area contributed by atoms with E-state index in [1.54, 1.807) is 31.2 Å². The van der Waals surface area contributed by atoms with Gasteiger partial charge in [-0.25, -0.2) is 9.18 Å². The summed E-state index contributed by atoms with van der Waals surface area (Å²) in [6.45, 7) is 1.64. The smallest absolute Gasteiger partial charge is 0.325 e. The maximum atomic E-state index is 13.2. The molecule has 1 saturated heterocycles. The van der Waals surface area contributed by atoms with E-state index in [9.17, 15) is 19.1 Å². The molecule has 2 atom stereocenters. The third-order valence-corrected chi connectivity index (χ3v) is 4.58. The monoisotopic (exact) mass is 342 g/mol. The number of rotatable bonds is 5. The number of benzene rings is 2. The standard InChI is InChI=1S/C19H19FN2O3/c1-2-19(14-8-10-15(20)11-9-14)17(24)22(18(25)21-19)12-16(23)13-6-4-3-5-7-13/h3-11,16,23H,2,12H2,1H3,(H,21,25)/t16-,19-/m0/s1. The minimum Gasteiger partial charge on any atom is -0.387 e. The van der Waals surface area contributed by atoms with Gasteiger partial charge in [0.25, 0.3) is 5.91 Å². The molecule has 130 valence electrons. The van der Waals surface area contributed by atoms with Crippen molar-refractivity contribution in [3.63, 3.8) is 0 Å². The zero-order chi connectivity index (χ0) is 18.0. The average molecular weight is 342 g/mol. The Kier molecular flexibility index (Phi) is 4.55. The topological polar surface area (TPSA) is 69.6 Å². The quantitative estimate of drug-likeness (QED) is 0.821. The third kappa shape index (κ3) is 3.00. The number of halogens is 1. The molecule has 6 heteroatoms. The first-order chi connectivity index (χ1) is 12.0. The van der Waals surface area contributed by atoms with Crippen LogP contribution in [0, 0.1) is 5.82 Å². The van der Waals surface area contributed by atoms with Crippen LogP contribution < -0.4 is 5.32 Å². The van der Waals surface area contributed by atoms with Crippen molar-refractivity contribution in [3.8, 4) is 0 Å². The Labute approximate surface area is 145 Å². The van der Waals surface area contributed by atoms with Gasteiger partial charge in [-0.15, -0.1) is 0 Å². The summed E-state index contributed by atoms with van der Waals surface area (Å²) in [6, 6.07) is 13.8. The second kappa shape index (κ2) is 6.64. The Bertz CT molecular complexity index is 779. The summed E-state index contributed by atoms with van der Waals surface area (Å²) in [5.41, 5.74) is -0.0911. The van der Waals surface area contributed by atoms with Crippen LogP contribution in [-0.4, -0.2) is 28.5 Å². The van der Waals surface area contributed by atoms with Gasteiger partial charge in [0.05, 0.1) is 12.6 Å². The zero-order valence-electron chi connectivity index (χ0n) is 13.8. The van der Waals surface area contributed by atoms with E-state index in [2.05, 4.69) is 5.32 Å². The van der Waals surface area contributed by atoms with Crippen molar-refractivity contribution in [3.05, 3.63) is 71.5 Å². The molecular weight excluding hydrogens is 323 g/mol. The first-order valence-corrected chi connectivity index (χ1v) is 8.11. The van der Waals surface area contributed by atoms with Crippen LogP contribution in [0.5, 0.6) is 0 Å². The molecule has 2 N–H and O–H groups in total. The minimum atomic E-state index is -1.23. The second-order valence-electron chi connectivity index (χ2n) is 6.04. The summed E-state index contributed by atoms with van der Waals surface area (Å²) < 4.78 is 13.2. The van der Waals surface area contributed by atoms with Crippen molar-refractivity contribution in [2.24, 2.45) is 0 Å². The highest BCUT2D eigenvalue weighted by atomic mass is 19.1. The normalized spacial score (nSPS) is 21.3. The molecule has 0 aliphatic carbocycles. The van der Waals surface area contributed by atoms with Crippen molar-refractivity contribution < 1.29 is 19.1 Å². The van der Waals surface area contributed by atoms with Gasteiger partial charge in [0.1, 0.15) is 11.4 Å². The predicted molar refractivity (Wildman–Crippen MR) is 90.0 cm³/mol. The van der Waals surface area contributed by atoms with Crippen LogP contribution in [-0.2, 0) is 10.3 Å². The van der Waals surface area contributed by atoms with E-state index in [-0.39, 0.29) is 6.54 Å². The molecule has 0 saturated carbocycles. The molecule has 1 heterocycles. The summed E-state index contributed by atoms with van der Waals surface area (Å²) in [4.78, 5) is 26.4. The van der Waals surface area contributed by atoms with E-state index in [4.69, 9.17) is 0 Å². The lowest BCUT2D eigenvalue weighted by atomic mass is 9.87. The molecule has 5 nitrogen and oxygen atoms in total. The van der Waals surface area contributed by atoms with Gasteiger partial charge < -0.3 is 10.4 Å². The van der Waals surface area contributed by atoms with Crippen molar-refractivity contribution in [2.75, 3.05) is 6.54 Å². The largest absolute Gasteiger partial charge is 0.387 e. The van der Waals surface area contributed by atoms with Gasteiger partial charge >= 0.3 is 6.03 Å². The molecule has 3 rings (SSSR count). The molecule has 2 aromatic rings. The maximum Gasteiger partial charge on any atom is 0.325 e. The number of amides is 3. The van der Waals surface area contributed by atoms with Crippen LogP contribution in [0.1, 0.15) is 30.6 Å². The molecule has 0 bridgehead atoms. The number of imide groups is 1. The summed E-state index contributed by atoms with van der Waals surface area (Å²) in [5, 5.41) is 13.1. The molecule has 1 fully saturated rings. The number of aliphatic hydroxyl groups is 1. The summed E-state index contributed by atoms with van der Waals surface area (Å²) in [7, 11) is 0. The fourth-order valence-corrected chi connectivity index (χ4v) is 3.12. The first-order valence-electron chi connectivity index (χ1n) is 8.11. The van der Waals surface area contributed by atoms with Crippen LogP contribution in [0.25, 0.3) is 0 Å². The van der Waals surface area contributed by atoms with Crippen LogP contribution in [0.15, 0.2) is 54.6 Å². The van der Waals surface area contributed by atoms with E-state index >= 15 is 0 Å². The number of urea groups is 1. The van der Waals surface area contributed by atoms with Gasteiger partial charge in [-0.05, 0) is 29.7 Å². The molecule has 1 aliphatic heterocycles. The van der Waals surface area contributed by atoms with E-state index in [0.29, 0.717) is 17.5 Å². The van der Waals surface area contributed by atoms with E-state index in [0.717, 1.165) is 4.90 Å². The van der Waals surface area contributed by atoms with Gasteiger partial charge in [-0.1, -0.05) is 49.4 Å². The Hall–Kier alpha value is -2.73. The molecule has 1 aliphatic rings. The van der Waals surface area contributed by atoms with Gasteiger partial charge in [0, 0.05) is 0 Å². The SMILES string of the molecule is CC[C@@]1(c2ccc(F)cc2)NC(=O)N(C[C@H](O)c2ccccc2)C1=O. The van der Waals surface area contributed by atoms with Crippen LogP contribution >= 0.6 is 0 Å². The van der Waals surface area contributed by atoms with Crippen molar-refractivity contribution in [2.45, 2.75) is 25.0 Å². The number of β-amino-alcohol motifs (C(OH)–C–C–N with tert-alkyl or cyclic N) is 1. The Morgan fingerprint density at radius 2 is 1.76 bits per heavy atom. The zero-order valence-corrected chi connectivity index (χ0v) is 13.8. The maximum absolute atomic E-state index is 13.2. The van der Waals surface area contributed by atoms with Crippen LogP contribution in [0.2, 0.25) is 0 Å². The highest BCUT2D eigenvalue weighted by Crippen LogP contribution is 2.33. The third-order valence-electron chi connectivity index (χ3n) is 4.58. The molecular formula is C19H19FN2O3. The number of carbonyl (C=O) groups is 2.